The van der Waals surface area contributed by atoms with Crippen molar-refractivity contribution in [2.24, 2.45) is 11.3 Å². The minimum Gasteiger partial charge on any atom is -0.332 e. The van der Waals surface area contributed by atoms with Gasteiger partial charge in [0.1, 0.15) is 5.82 Å². The molecule has 3 aliphatic rings. The molecule has 2 aromatic rings. The van der Waals surface area contributed by atoms with Gasteiger partial charge in [0.2, 0.25) is 5.91 Å². The molecule has 0 aliphatic heterocycles. The molecule has 0 saturated heterocycles. The second kappa shape index (κ2) is 7.02. The number of rotatable bonds is 5. The number of urea groups is 1. The molecule has 152 valence electrons. The molecule has 0 heterocycles. The summed E-state index contributed by atoms with van der Waals surface area (Å²) in [6, 6.07) is 10.9. The van der Waals surface area contributed by atoms with Gasteiger partial charge in [-0.3, -0.25) is 4.79 Å². The third-order valence-corrected chi connectivity index (χ3v) is 6.80. The minimum absolute atomic E-state index is 0.0797. The highest BCUT2D eigenvalue weighted by molar-refractivity contribution is 6.31. The minimum atomic E-state index is -0.338. The van der Waals surface area contributed by atoms with Crippen molar-refractivity contribution < 1.29 is 14.0 Å². The van der Waals surface area contributed by atoms with Crippen molar-refractivity contribution in [1.29, 1.82) is 0 Å². The summed E-state index contributed by atoms with van der Waals surface area (Å²) in [5.74, 6) is -0.604. The molecule has 0 radical (unpaired) electrons. The lowest BCUT2D eigenvalue weighted by Gasteiger charge is -2.72. The van der Waals surface area contributed by atoms with Crippen LogP contribution in [-0.4, -0.2) is 17.5 Å². The van der Waals surface area contributed by atoms with Gasteiger partial charge in [0.15, 0.2) is 0 Å². The van der Waals surface area contributed by atoms with Crippen LogP contribution in [0.5, 0.6) is 0 Å². The summed E-state index contributed by atoms with van der Waals surface area (Å²) in [7, 11) is 0. The van der Waals surface area contributed by atoms with Crippen LogP contribution in [0.4, 0.5) is 20.6 Å². The van der Waals surface area contributed by atoms with Crippen LogP contribution in [0.15, 0.2) is 42.5 Å². The highest BCUT2D eigenvalue weighted by atomic mass is 35.5. The zero-order chi connectivity index (χ0) is 20.8. The quantitative estimate of drug-likeness (QED) is 0.635. The molecule has 5 nitrogen and oxygen atoms in total. The Balaban J connectivity index is 1.30. The molecule has 3 N–H and O–H groups in total. The summed E-state index contributed by atoms with van der Waals surface area (Å²) in [6.07, 6.45) is 2.33. The van der Waals surface area contributed by atoms with E-state index in [0.29, 0.717) is 16.4 Å². The lowest BCUT2D eigenvalue weighted by Crippen LogP contribution is -2.77. The van der Waals surface area contributed by atoms with E-state index >= 15 is 0 Å². The summed E-state index contributed by atoms with van der Waals surface area (Å²) in [5, 5.41) is 9.37. The summed E-state index contributed by atoms with van der Waals surface area (Å²) < 4.78 is 13.0. The maximum atomic E-state index is 13.0. The molecular formula is C22H23ClFN3O2. The van der Waals surface area contributed by atoms with Crippen molar-refractivity contribution in [2.45, 2.75) is 38.6 Å². The van der Waals surface area contributed by atoms with Crippen molar-refractivity contribution in [2.75, 3.05) is 10.6 Å². The Morgan fingerprint density at radius 3 is 2.38 bits per heavy atom. The number of benzene rings is 2. The first kappa shape index (κ1) is 19.7. The fourth-order valence-corrected chi connectivity index (χ4v) is 4.83. The Kier molecular flexibility index (Phi) is 4.77. The van der Waals surface area contributed by atoms with Gasteiger partial charge in [-0.15, -0.1) is 0 Å². The molecule has 0 aromatic heterocycles. The second-order valence-corrected chi connectivity index (χ2v) is 8.79. The van der Waals surface area contributed by atoms with Crippen LogP contribution in [0.1, 0.15) is 31.7 Å². The highest BCUT2D eigenvalue weighted by Gasteiger charge is 2.71. The van der Waals surface area contributed by atoms with Crippen LogP contribution in [-0.2, 0) is 4.79 Å². The van der Waals surface area contributed by atoms with Crippen molar-refractivity contribution in [1.82, 2.24) is 5.32 Å². The number of hydrogen-bond acceptors (Lipinski definition) is 2. The summed E-state index contributed by atoms with van der Waals surface area (Å²) >= 11 is 6.10. The zero-order valence-corrected chi connectivity index (χ0v) is 17.1. The van der Waals surface area contributed by atoms with E-state index < -0.39 is 0 Å². The van der Waals surface area contributed by atoms with Crippen LogP contribution in [0, 0.1) is 24.1 Å². The number of halogens is 2. The van der Waals surface area contributed by atoms with E-state index in [2.05, 4.69) is 16.0 Å². The molecule has 5 rings (SSSR count). The number of anilines is 2. The largest absolute Gasteiger partial charge is 0.332 e. The Morgan fingerprint density at radius 1 is 1.07 bits per heavy atom. The molecule has 3 aliphatic carbocycles. The number of carbonyl (C=O) groups is 2. The average Bonchev–Trinajstić information content (AvgIpc) is 2.62. The third-order valence-electron chi connectivity index (χ3n) is 6.39. The maximum absolute atomic E-state index is 13.0. The smallest absolute Gasteiger partial charge is 0.319 e. The zero-order valence-electron chi connectivity index (χ0n) is 16.3. The van der Waals surface area contributed by atoms with E-state index in [9.17, 15) is 14.0 Å². The number of nitrogens with one attached hydrogen (secondary N) is 3. The Hall–Kier alpha value is -2.60. The van der Waals surface area contributed by atoms with Gasteiger partial charge in [-0.05, 0) is 73.6 Å². The SMILES string of the molecule is Cc1c(Cl)cccc1NC(=O)NC12CC([C@H](C)C(=O)Nc3ccc(F)cc3)(C1)C2. The van der Waals surface area contributed by atoms with Crippen molar-refractivity contribution >= 4 is 34.9 Å². The van der Waals surface area contributed by atoms with Gasteiger partial charge in [-0.2, -0.15) is 0 Å². The maximum Gasteiger partial charge on any atom is 0.319 e. The lowest BCUT2D eigenvalue weighted by atomic mass is 9.36. The van der Waals surface area contributed by atoms with Crippen LogP contribution in [0.2, 0.25) is 5.02 Å². The van der Waals surface area contributed by atoms with Crippen molar-refractivity contribution in [3.05, 3.63) is 58.9 Å². The molecule has 1 atom stereocenters. The standard InChI is InChI=1S/C22H23ClFN3O2/c1-13-17(23)4-3-5-18(13)26-20(29)27-22-10-21(11-22,12-22)14(2)19(28)25-16-8-6-15(24)7-9-16/h3-9,14H,10-12H2,1-2H3,(H,25,28)(H2,26,27,29)/t14-,21?,22?/m1/s1. The molecular weight excluding hydrogens is 393 g/mol. The fourth-order valence-electron chi connectivity index (χ4n) is 4.66. The fraction of sp³-hybridized carbons (Fsp3) is 0.364. The molecule has 2 bridgehead atoms. The summed E-state index contributed by atoms with van der Waals surface area (Å²) in [5.41, 5.74) is 1.77. The second-order valence-electron chi connectivity index (χ2n) is 8.38. The number of amides is 3. The summed E-state index contributed by atoms with van der Waals surface area (Å²) in [4.78, 5) is 25.0. The van der Waals surface area contributed by atoms with Crippen molar-refractivity contribution in [3.63, 3.8) is 0 Å². The molecule has 2 aromatic carbocycles. The van der Waals surface area contributed by atoms with Crippen LogP contribution in [0.3, 0.4) is 0 Å². The van der Waals surface area contributed by atoms with Crippen LogP contribution < -0.4 is 16.0 Å². The van der Waals surface area contributed by atoms with E-state index in [0.717, 1.165) is 24.8 Å². The lowest BCUT2D eigenvalue weighted by molar-refractivity contribution is -0.183. The molecule has 0 unspecified atom stereocenters. The molecule has 29 heavy (non-hydrogen) atoms. The first-order valence-electron chi connectivity index (χ1n) is 9.63. The first-order chi connectivity index (χ1) is 13.7. The predicted molar refractivity (Wildman–Crippen MR) is 112 cm³/mol. The average molecular weight is 416 g/mol. The molecule has 3 saturated carbocycles. The Morgan fingerprint density at radius 2 is 1.72 bits per heavy atom. The van der Waals surface area contributed by atoms with Gasteiger partial charge in [0, 0.05) is 27.9 Å². The van der Waals surface area contributed by atoms with Gasteiger partial charge < -0.3 is 16.0 Å². The van der Waals surface area contributed by atoms with E-state index in [4.69, 9.17) is 11.6 Å². The normalized spacial score (nSPS) is 25.2. The Bertz CT molecular complexity index is 957. The monoisotopic (exact) mass is 415 g/mol. The molecule has 3 fully saturated rings. The molecule has 7 heteroatoms. The van der Waals surface area contributed by atoms with E-state index in [1.807, 2.05) is 19.9 Å². The Labute approximate surface area is 174 Å². The molecule has 3 amide bonds. The number of hydrogen-bond donors (Lipinski definition) is 3. The first-order valence-corrected chi connectivity index (χ1v) is 10.0. The van der Waals surface area contributed by atoms with Gasteiger partial charge in [0.05, 0.1) is 0 Å². The van der Waals surface area contributed by atoms with Gasteiger partial charge in [-0.25, -0.2) is 9.18 Å². The van der Waals surface area contributed by atoms with Gasteiger partial charge in [0.25, 0.3) is 0 Å². The predicted octanol–water partition coefficient (Wildman–Crippen LogP) is 5.11. The van der Waals surface area contributed by atoms with Gasteiger partial charge >= 0.3 is 6.03 Å². The van der Waals surface area contributed by atoms with Gasteiger partial charge in [-0.1, -0.05) is 24.6 Å². The third kappa shape index (κ3) is 3.57. The molecule has 0 spiro atoms. The van der Waals surface area contributed by atoms with Crippen molar-refractivity contribution in [3.8, 4) is 0 Å². The summed E-state index contributed by atoms with van der Waals surface area (Å²) in [6.45, 7) is 3.77. The van der Waals surface area contributed by atoms with E-state index in [-0.39, 0.29) is 34.6 Å². The van der Waals surface area contributed by atoms with Crippen LogP contribution >= 0.6 is 11.6 Å². The van der Waals surface area contributed by atoms with E-state index in [1.54, 1.807) is 24.3 Å². The topological polar surface area (TPSA) is 70.2 Å². The van der Waals surface area contributed by atoms with E-state index in [1.165, 1.54) is 12.1 Å². The van der Waals surface area contributed by atoms with Crippen LogP contribution in [0.25, 0.3) is 0 Å². The number of carbonyl (C=O) groups excluding carboxylic acids is 2. The highest BCUT2D eigenvalue weighted by Crippen LogP contribution is 2.70.